The average molecular weight is 297 g/mol. The highest BCUT2D eigenvalue weighted by molar-refractivity contribution is 5.94. The first kappa shape index (κ1) is 17.0. The smallest absolute Gasteiger partial charge is 0.241 e. The molecule has 1 aliphatic rings. The lowest BCUT2D eigenvalue weighted by molar-refractivity contribution is -0.118. The summed E-state index contributed by atoms with van der Waals surface area (Å²) in [5, 5.41) is 6.25. The van der Waals surface area contributed by atoms with Crippen molar-refractivity contribution in [1.82, 2.24) is 5.32 Å². The molecule has 0 saturated carbocycles. The van der Waals surface area contributed by atoms with Gasteiger partial charge < -0.3 is 10.6 Å². The molecule has 20 heavy (non-hydrogen) atoms. The average Bonchev–Trinajstić information content (AvgIpc) is 2.39. The highest BCUT2D eigenvalue weighted by Gasteiger charge is 2.20. The molecule has 2 N–H and O–H groups in total. The molecule has 4 heteroatoms. The molecule has 0 unspecified atom stereocenters. The van der Waals surface area contributed by atoms with E-state index >= 15 is 0 Å². The second kappa shape index (κ2) is 7.09. The lowest BCUT2D eigenvalue weighted by Crippen LogP contribution is -2.43. The lowest BCUT2D eigenvalue weighted by Gasteiger charge is -2.23. The van der Waals surface area contributed by atoms with Crippen LogP contribution in [0.3, 0.4) is 0 Å². The molecule has 2 rings (SSSR count). The number of benzene rings is 1. The number of carbonyl (C=O) groups excluding carboxylic acids is 1. The van der Waals surface area contributed by atoms with Crippen molar-refractivity contribution >= 4 is 24.0 Å². The maximum Gasteiger partial charge on any atom is 0.241 e. The minimum absolute atomic E-state index is 0. The fourth-order valence-electron chi connectivity index (χ4n) is 2.36. The molecular formula is C16H25ClN2O. The molecular weight excluding hydrogens is 272 g/mol. The van der Waals surface area contributed by atoms with Crippen LogP contribution in [0.2, 0.25) is 0 Å². The van der Waals surface area contributed by atoms with E-state index in [4.69, 9.17) is 0 Å². The van der Waals surface area contributed by atoms with E-state index < -0.39 is 0 Å². The molecule has 0 aromatic heterocycles. The number of rotatable bonds is 2. The maximum atomic E-state index is 12.1. The minimum Gasteiger partial charge on any atom is -0.325 e. The Hall–Kier alpha value is -1.06. The minimum atomic E-state index is -0.0314. The summed E-state index contributed by atoms with van der Waals surface area (Å²) in [4.78, 5) is 12.1. The van der Waals surface area contributed by atoms with Crippen molar-refractivity contribution in [3.8, 4) is 0 Å². The monoisotopic (exact) mass is 296 g/mol. The van der Waals surface area contributed by atoms with Crippen molar-refractivity contribution < 1.29 is 4.79 Å². The van der Waals surface area contributed by atoms with Gasteiger partial charge in [-0.3, -0.25) is 4.79 Å². The highest BCUT2D eigenvalue weighted by Crippen LogP contribution is 2.23. The Kier molecular flexibility index (Phi) is 6.03. The van der Waals surface area contributed by atoms with Gasteiger partial charge in [-0.1, -0.05) is 39.3 Å². The molecule has 0 bridgehead atoms. The van der Waals surface area contributed by atoms with E-state index in [1.54, 1.807) is 0 Å². The third kappa shape index (κ3) is 4.50. The summed E-state index contributed by atoms with van der Waals surface area (Å²) in [5.74, 6) is 0.0863. The maximum absolute atomic E-state index is 12.1. The van der Waals surface area contributed by atoms with Crippen molar-refractivity contribution in [3.63, 3.8) is 0 Å². The molecule has 1 aliphatic heterocycles. The standard InChI is InChI=1S/C16H24N2O.ClH/c1-16(2,3)12-7-9-13(10-8-12)18-15(19)14-6-4-5-11-17-14;/h7-10,14,17H,4-6,11H2,1-3H3,(H,18,19);1H/t14-;/m1./s1. The second-order valence-electron chi connectivity index (χ2n) is 6.32. The molecule has 1 heterocycles. The van der Waals surface area contributed by atoms with Crippen LogP contribution in [0.1, 0.15) is 45.6 Å². The number of piperidine rings is 1. The van der Waals surface area contributed by atoms with Crippen LogP contribution in [0.25, 0.3) is 0 Å². The van der Waals surface area contributed by atoms with Crippen molar-refractivity contribution in [2.24, 2.45) is 0 Å². The molecule has 3 nitrogen and oxygen atoms in total. The molecule has 0 radical (unpaired) electrons. The second-order valence-corrected chi connectivity index (χ2v) is 6.32. The number of nitrogens with one attached hydrogen (secondary N) is 2. The van der Waals surface area contributed by atoms with E-state index in [9.17, 15) is 4.79 Å². The molecule has 1 atom stereocenters. The van der Waals surface area contributed by atoms with Gasteiger partial charge in [-0.05, 0) is 42.5 Å². The number of hydrogen-bond acceptors (Lipinski definition) is 2. The van der Waals surface area contributed by atoms with Gasteiger partial charge >= 0.3 is 0 Å². The molecule has 1 aromatic carbocycles. The van der Waals surface area contributed by atoms with E-state index in [-0.39, 0.29) is 29.8 Å². The summed E-state index contributed by atoms with van der Waals surface area (Å²) < 4.78 is 0. The summed E-state index contributed by atoms with van der Waals surface area (Å²) in [6.07, 6.45) is 3.24. The molecule has 0 spiro atoms. The number of halogens is 1. The van der Waals surface area contributed by atoms with Crippen molar-refractivity contribution in [1.29, 1.82) is 0 Å². The van der Waals surface area contributed by atoms with Crippen LogP contribution in [0.4, 0.5) is 5.69 Å². The van der Waals surface area contributed by atoms with E-state index in [1.807, 2.05) is 12.1 Å². The van der Waals surface area contributed by atoms with Gasteiger partial charge in [0, 0.05) is 5.69 Å². The quantitative estimate of drug-likeness (QED) is 0.877. The Morgan fingerprint density at radius 2 is 1.85 bits per heavy atom. The zero-order chi connectivity index (χ0) is 13.9. The first-order chi connectivity index (χ1) is 8.97. The first-order valence-corrected chi connectivity index (χ1v) is 7.11. The largest absolute Gasteiger partial charge is 0.325 e. The van der Waals surface area contributed by atoms with Gasteiger partial charge in [-0.25, -0.2) is 0 Å². The van der Waals surface area contributed by atoms with Crippen molar-refractivity contribution in [2.75, 3.05) is 11.9 Å². The van der Waals surface area contributed by atoms with Crippen LogP contribution < -0.4 is 10.6 Å². The SMILES string of the molecule is CC(C)(C)c1ccc(NC(=O)[C@H]2CCCCN2)cc1.Cl. The summed E-state index contributed by atoms with van der Waals surface area (Å²) in [6, 6.07) is 8.12. The normalized spacial score (nSPS) is 19.1. The van der Waals surface area contributed by atoms with Crippen LogP contribution >= 0.6 is 12.4 Å². The molecule has 1 saturated heterocycles. The molecule has 1 amide bonds. The van der Waals surface area contributed by atoms with Crippen LogP contribution in [-0.2, 0) is 10.2 Å². The van der Waals surface area contributed by atoms with E-state index in [1.165, 1.54) is 12.0 Å². The first-order valence-electron chi connectivity index (χ1n) is 7.11. The fraction of sp³-hybridized carbons (Fsp3) is 0.562. The summed E-state index contributed by atoms with van der Waals surface area (Å²) in [6.45, 7) is 7.51. The van der Waals surface area contributed by atoms with E-state index in [0.717, 1.165) is 25.1 Å². The van der Waals surface area contributed by atoms with E-state index in [0.29, 0.717) is 0 Å². The molecule has 0 aliphatic carbocycles. The summed E-state index contributed by atoms with van der Waals surface area (Å²) in [7, 11) is 0. The van der Waals surface area contributed by atoms with Crippen LogP contribution in [0.15, 0.2) is 24.3 Å². The van der Waals surface area contributed by atoms with Gasteiger partial charge in [0.2, 0.25) is 5.91 Å². The zero-order valence-corrected chi connectivity index (χ0v) is 13.3. The Morgan fingerprint density at radius 1 is 1.20 bits per heavy atom. The van der Waals surface area contributed by atoms with Crippen LogP contribution in [0, 0.1) is 0 Å². The topological polar surface area (TPSA) is 41.1 Å². The lowest BCUT2D eigenvalue weighted by atomic mass is 9.87. The third-order valence-corrected chi connectivity index (χ3v) is 3.65. The van der Waals surface area contributed by atoms with Gasteiger partial charge in [0.05, 0.1) is 6.04 Å². The van der Waals surface area contributed by atoms with Crippen LogP contribution in [-0.4, -0.2) is 18.5 Å². The van der Waals surface area contributed by atoms with Gasteiger partial charge in [0.25, 0.3) is 0 Å². The zero-order valence-electron chi connectivity index (χ0n) is 12.5. The van der Waals surface area contributed by atoms with Crippen molar-refractivity contribution in [3.05, 3.63) is 29.8 Å². The van der Waals surface area contributed by atoms with Gasteiger partial charge in [-0.15, -0.1) is 12.4 Å². The van der Waals surface area contributed by atoms with Gasteiger partial charge in [0.1, 0.15) is 0 Å². The van der Waals surface area contributed by atoms with Gasteiger partial charge in [0.15, 0.2) is 0 Å². The Balaban J connectivity index is 0.00000200. The highest BCUT2D eigenvalue weighted by atomic mass is 35.5. The number of hydrogen-bond donors (Lipinski definition) is 2. The Bertz CT molecular complexity index is 431. The molecule has 1 fully saturated rings. The predicted molar refractivity (Wildman–Crippen MR) is 86.7 cm³/mol. The number of carbonyl (C=O) groups is 1. The van der Waals surface area contributed by atoms with E-state index in [2.05, 4.69) is 43.5 Å². The molecule has 112 valence electrons. The number of amides is 1. The third-order valence-electron chi connectivity index (χ3n) is 3.65. The Morgan fingerprint density at radius 3 is 2.35 bits per heavy atom. The molecule has 1 aromatic rings. The summed E-state index contributed by atoms with van der Waals surface area (Å²) in [5.41, 5.74) is 2.31. The predicted octanol–water partition coefficient (Wildman–Crippen LogP) is 3.49. The van der Waals surface area contributed by atoms with Crippen LogP contribution in [0.5, 0.6) is 0 Å². The number of anilines is 1. The van der Waals surface area contributed by atoms with Gasteiger partial charge in [-0.2, -0.15) is 0 Å². The van der Waals surface area contributed by atoms with Crippen molar-refractivity contribution in [2.45, 2.75) is 51.5 Å². The summed E-state index contributed by atoms with van der Waals surface area (Å²) >= 11 is 0. The fourth-order valence-corrected chi connectivity index (χ4v) is 2.36. The Labute approximate surface area is 127 Å².